The summed E-state index contributed by atoms with van der Waals surface area (Å²) in [5.74, 6) is 0.226. The van der Waals surface area contributed by atoms with Gasteiger partial charge in [0.15, 0.2) is 0 Å². The number of fused-ring (bicyclic) bond motifs is 1. The van der Waals surface area contributed by atoms with E-state index in [1.54, 1.807) is 12.1 Å². The largest absolute Gasteiger partial charge is 0.383 e. The van der Waals surface area contributed by atoms with E-state index in [9.17, 15) is 14.4 Å². The number of carbonyl (C=O) groups excluding carboxylic acids is 3. The van der Waals surface area contributed by atoms with Crippen LogP contribution in [0.25, 0.3) is 0 Å². The number of hydrazine groups is 1. The number of piperazine rings is 1. The van der Waals surface area contributed by atoms with Crippen LogP contribution in [0.2, 0.25) is 0 Å². The molecule has 1 N–H and O–H groups in total. The van der Waals surface area contributed by atoms with Gasteiger partial charge in [-0.25, -0.2) is 10.4 Å². The van der Waals surface area contributed by atoms with Crippen LogP contribution in [0, 0.1) is 17.8 Å². The lowest BCUT2D eigenvalue weighted by atomic mass is 9.83. The maximum absolute atomic E-state index is 13.8. The zero-order valence-corrected chi connectivity index (χ0v) is 21.3. The topological polar surface area (TPSA) is 85.4 Å². The van der Waals surface area contributed by atoms with Gasteiger partial charge in [-0.3, -0.25) is 19.3 Å². The van der Waals surface area contributed by atoms with Gasteiger partial charge in [-0.05, 0) is 30.9 Å². The van der Waals surface area contributed by atoms with E-state index in [1.165, 1.54) is 25.7 Å². The summed E-state index contributed by atoms with van der Waals surface area (Å²) in [5.41, 5.74) is 4.18. The van der Waals surface area contributed by atoms with Crippen molar-refractivity contribution < 1.29 is 19.1 Å². The molecule has 196 valence electrons. The predicted octanol–water partition coefficient (Wildman–Crippen LogP) is 1.35. The fraction of sp³-hybridized carbons (Fsp3) is 0.667. The van der Waals surface area contributed by atoms with Gasteiger partial charge in [0, 0.05) is 59.3 Å². The van der Waals surface area contributed by atoms with Gasteiger partial charge in [0.05, 0.1) is 30.2 Å². The van der Waals surface area contributed by atoms with E-state index in [0.717, 1.165) is 5.69 Å². The summed E-state index contributed by atoms with van der Waals surface area (Å²) in [6, 6.07) is 9.31. The summed E-state index contributed by atoms with van der Waals surface area (Å²) in [7, 11) is 1.67. The molecule has 1 aliphatic carbocycles. The van der Waals surface area contributed by atoms with Gasteiger partial charge >= 0.3 is 0 Å². The SMILES string of the molecule is COCCN1CC(C(=O)N2CCN(C(=O)CC3CCCC3)CC2)C2NN(c3ccccc3)C(=O)C2C1. The fourth-order valence-corrected chi connectivity index (χ4v) is 6.34. The van der Waals surface area contributed by atoms with Crippen LogP contribution in [0.3, 0.4) is 0 Å². The normalized spacial score (nSPS) is 27.5. The molecule has 1 aromatic carbocycles. The second kappa shape index (κ2) is 11.3. The summed E-state index contributed by atoms with van der Waals surface area (Å²) < 4.78 is 5.28. The van der Waals surface area contributed by atoms with Crippen molar-refractivity contribution in [2.24, 2.45) is 17.8 Å². The molecule has 9 heteroatoms. The van der Waals surface area contributed by atoms with Crippen LogP contribution in [0.4, 0.5) is 5.69 Å². The zero-order valence-electron chi connectivity index (χ0n) is 21.3. The number of amides is 3. The highest BCUT2D eigenvalue weighted by Crippen LogP contribution is 2.33. The number of rotatable bonds is 7. The quantitative estimate of drug-likeness (QED) is 0.612. The minimum Gasteiger partial charge on any atom is -0.383 e. The van der Waals surface area contributed by atoms with Gasteiger partial charge < -0.3 is 14.5 Å². The first kappa shape index (κ1) is 25.2. The number of nitrogens with zero attached hydrogens (tertiary/aromatic N) is 4. The van der Waals surface area contributed by atoms with Crippen LogP contribution in [0.15, 0.2) is 30.3 Å². The molecule has 3 unspecified atom stereocenters. The van der Waals surface area contributed by atoms with Gasteiger partial charge in [-0.15, -0.1) is 0 Å². The maximum atomic E-state index is 13.8. The van der Waals surface area contributed by atoms with E-state index < -0.39 is 0 Å². The van der Waals surface area contributed by atoms with Crippen LogP contribution in [-0.4, -0.2) is 98.0 Å². The molecule has 0 radical (unpaired) electrons. The third-order valence-electron chi connectivity index (χ3n) is 8.42. The van der Waals surface area contributed by atoms with Crippen LogP contribution in [0.5, 0.6) is 0 Å². The molecule has 4 fully saturated rings. The van der Waals surface area contributed by atoms with E-state index in [2.05, 4.69) is 10.3 Å². The first-order valence-electron chi connectivity index (χ1n) is 13.5. The molecule has 1 saturated carbocycles. The highest BCUT2D eigenvalue weighted by atomic mass is 16.5. The molecule has 0 aromatic heterocycles. The van der Waals surface area contributed by atoms with E-state index in [4.69, 9.17) is 4.74 Å². The van der Waals surface area contributed by atoms with E-state index in [-0.39, 0.29) is 35.6 Å². The number of nitrogens with one attached hydrogen (secondary N) is 1. The van der Waals surface area contributed by atoms with Crippen molar-refractivity contribution in [3.63, 3.8) is 0 Å². The second-order valence-electron chi connectivity index (χ2n) is 10.7. The molecule has 3 atom stereocenters. The highest BCUT2D eigenvalue weighted by molar-refractivity contribution is 5.98. The summed E-state index contributed by atoms with van der Waals surface area (Å²) in [6.07, 6.45) is 5.46. The number of piperidine rings is 1. The summed E-state index contributed by atoms with van der Waals surface area (Å²) in [4.78, 5) is 46.0. The van der Waals surface area contributed by atoms with Gasteiger partial charge in [-0.2, -0.15) is 0 Å². The zero-order chi connectivity index (χ0) is 25.1. The Morgan fingerprint density at radius 2 is 1.69 bits per heavy atom. The van der Waals surface area contributed by atoms with Gasteiger partial charge in [-0.1, -0.05) is 31.0 Å². The van der Waals surface area contributed by atoms with Crippen LogP contribution in [-0.2, 0) is 19.1 Å². The molecule has 9 nitrogen and oxygen atoms in total. The number of para-hydroxylation sites is 1. The lowest BCUT2D eigenvalue weighted by molar-refractivity contribution is -0.145. The summed E-state index contributed by atoms with van der Waals surface area (Å²) in [6.45, 7) is 4.73. The summed E-state index contributed by atoms with van der Waals surface area (Å²) >= 11 is 0. The highest BCUT2D eigenvalue weighted by Gasteiger charge is 2.51. The number of benzene rings is 1. The Labute approximate surface area is 213 Å². The monoisotopic (exact) mass is 497 g/mol. The predicted molar refractivity (Wildman–Crippen MR) is 136 cm³/mol. The standard InChI is InChI=1S/C27H39N5O4/c1-36-16-15-29-18-22(25-23(19-29)27(35)32(28-25)21-9-3-2-4-10-21)26(34)31-13-11-30(12-14-31)24(33)17-20-7-5-6-8-20/h2-4,9-10,20,22-23,25,28H,5-8,11-19H2,1H3. The number of methoxy groups -OCH3 is 1. The lowest BCUT2D eigenvalue weighted by Crippen LogP contribution is -2.60. The van der Waals surface area contributed by atoms with E-state index in [1.807, 2.05) is 40.1 Å². The Hall–Kier alpha value is -2.49. The fourth-order valence-electron chi connectivity index (χ4n) is 6.34. The molecular formula is C27H39N5O4. The molecule has 0 bridgehead atoms. The first-order chi connectivity index (χ1) is 17.5. The minimum atomic E-state index is -0.334. The van der Waals surface area contributed by atoms with Gasteiger partial charge in [0.2, 0.25) is 17.7 Å². The average Bonchev–Trinajstić information content (AvgIpc) is 3.55. The van der Waals surface area contributed by atoms with E-state index >= 15 is 0 Å². The van der Waals surface area contributed by atoms with Crippen molar-refractivity contribution >= 4 is 23.4 Å². The molecule has 3 saturated heterocycles. The molecule has 4 aliphatic rings. The molecule has 3 heterocycles. The number of carbonyl (C=O) groups is 3. The van der Waals surface area contributed by atoms with Crippen molar-refractivity contribution in [1.82, 2.24) is 20.1 Å². The molecule has 5 rings (SSSR count). The summed E-state index contributed by atoms with van der Waals surface area (Å²) in [5, 5.41) is 1.62. The second-order valence-corrected chi connectivity index (χ2v) is 10.7. The average molecular weight is 498 g/mol. The maximum Gasteiger partial charge on any atom is 0.247 e. The molecule has 36 heavy (non-hydrogen) atoms. The third kappa shape index (κ3) is 5.28. The Kier molecular flexibility index (Phi) is 7.88. The van der Waals surface area contributed by atoms with Gasteiger partial charge in [0.1, 0.15) is 0 Å². The van der Waals surface area contributed by atoms with Crippen molar-refractivity contribution in [2.45, 2.75) is 38.1 Å². The number of anilines is 1. The molecule has 0 spiro atoms. The van der Waals surface area contributed by atoms with Crippen molar-refractivity contribution in [1.29, 1.82) is 0 Å². The van der Waals surface area contributed by atoms with Crippen molar-refractivity contribution in [2.75, 3.05) is 64.5 Å². The van der Waals surface area contributed by atoms with Crippen LogP contribution >= 0.6 is 0 Å². The number of hydrogen-bond donors (Lipinski definition) is 1. The smallest absolute Gasteiger partial charge is 0.247 e. The third-order valence-corrected chi connectivity index (χ3v) is 8.42. The van der Waals surface area contributed by atoms with Crippen LogP contribution in [0.1, 0.15) is 32.1 Å². The minimum absolute atomic E-state index is 0.00782. The Morgan fingerprint density at radius 1 is 1.00 bits per heavy atom. The number of likely N-dealkylation sites (tertiary alicyclic amines) is 1. The number of ether oxygens (including phenoxy) is 1. The lowest BCUT2D eigenvalue weighted by Gasteiger charge is -2.42. The number of hydrogen-bond acceptors (Lipinski definition) is 6. The van der Waals surface area contributed by atoms with Crippen molar-refractivity contribution in [3.05, 3.63) is 30.3 Å². The first-order valence-corrected chi connectivity index (χ1v) is 13.5. The van der Waals surface area contributed by atoms with Crippen molar-refractivity contribution in [3.8, 4) is 0 Å². The Balaban J connectivity index is 1.25. The van der Waals surface area contributed by atoms with E-state index in [0.29, 0.717) is 64.8 Å². The molecule has 3 amide bonds. The molecular weight excluding hydrogens is 458 g/mol. The Bertz CT molecular complexity index is 929. The van der Waals surface area contributed by atoms with Crippen LogP contribution < -0.4 is 10.4 Å². The molecule has 1 aromatic rings. The Morgan fingerprint density at radius 3 is 2.39 bits per heavy atom. The van der Waals surface area contributed by atoms with Gasteiger partial charge in [0.25, 0.3) is 0 Å². The molecule has 3 aliphatic heterocycles.